The van der Waals surface area contributed by atoms with Crippen molar-refractivity contribution in [1.29, 1.82) is 0 Å². The van der Waals surface area contributed by atoms with Crippen LogP contribution in [0.15, 0.2) is 6.20 Å². The van der Waals surface area contributed by atoms with Crippen LogP contribution in [0, 0.1) is 0 Å². The van der Waals surface area contributed by atoms with Crippen molar-refractivity contribution in [2.45, 2.75) is 52.1 Å². The molecule has 0 bridgehead atoms. The fourth-order valence-corrected chi connectivity index (χ4v) is 3.00. The summed E-state index contributed by atoms with van der Waals surface area (Å²) in [5.74, 6) is 0.583. The van der Waals surface area contributed by atoms with Gasteiger partial charge in [-0.05, 0) is 52.3 Å². The minimum Gasteiger partial charge on any atom is -0.316 e. The summed E-state index contributed by atoms with van der Waals surface area (Å²) in [6, 6.07) is 1.01. The number of likely N-dealkylation sites (tertiary alicyclic amines) is 1. The van der Waals surface area contributed by atoms with E-state index in [1.54, 1.807) is 0 Å². The summed E-state index contributed by atoms with van der Waals surface area (Å²) in [7, 11) is 0. The second-order valence-electron chi connectivity index (χ2n) is 5.49. The molecule has 1 fully saturated rings. The lowest BCUT2D eigenvalue weighted by Gasteiger charge is -2.21. The lowest BCUT2D eigenvalue weighted by molar-refractivity contribution is 0.271. The zero-order valence-electron chi connectivity index (χ0n) is 11.2. The van der Waals surface area contributed by atoms with Crippen molar-refractivity contribution in [1.82, 2.24) is 14.5 Å². The fraction of sp³-hybridized carbons (Fsp3) is 0.769. The molecule has 1 saturated heterocycles. The maximum absolute atomic E-state index is 6.16. The Kier molecular flexibility index (Phi) is 3.79. The SMILES string of the molecule is CC(C)N1CCC(c2cnc(Cl)n2C(C)C)C1. The number of nitrogens with zero attached hydrogens (tertiary/aromatic N) is 3. The van der Waals surface area contributed by atoms with Crippen molar-refractivity contribution >= 4 is 11.6 Å². The standard InChI is InChI=1S/C13H22ClN3/c1-9(2)16-6-5-11(8-16)12-7-15-13(14)17(12)10(3)4/h7,9-11H,5-6,8H2,1-4H3. The van der Waals surface area contributed by atoms with Crippen LogP contribution >= 0.6 is 11.6 Å². The maximum Gasteiger partial charge on any atom is 0.203 e. The quantitative estimate of drug-likeness (QED) is 0.826. The zero-order chi connectivity index (χ0) is 12.6. The first kappa shape index (κ1) is 12.9. The highest BCUT2D eigenvalue weighted by Crippen LogP contribution is 2.31. The average molecular weight is 256 g/mol. The highest BCUT2D eigenvalue weighted by atomic mass is 35.5. The molecule has 0 N–H and O–H groups in total. The van der Waals surface area contributed by atoms with Gasteiger partial charge in [0.2, 0.25) is 5.28 Å². The van der Waals surface area contributed by atoms with Crippen LogP contribution in [0.3, 0.4) is 0 Å². The Morgan fingerprint density at radius 2 is 2.00 bits per heavy atom. The predicted octanol–water partition coefficient (Wildman–Crippen LogP) is 3.32. The van der Waals surface area contributed by atoms with Crippen LogP contribution in [0.5, 0.6) is 0 Å². The van der Waals surface area contributed by atoms with Gasteiger partial charge in [0.05, 0.1) is 6.20 Å². The molecule has 1 aromatic rings. The van der Waals surface area contributed by atoms with Crippen molar-refractivity contribution in [2.24, 2.45) is 0 Å². The molecular formula is C13H22ClN3. The number of hydrogen-bond acceptors (Lipinski definition) is 2. The van der Waals surface area contributed by atoms with Crippen LogP contribution in [0.25, 0.3) is 0 Å². The van der Waals surface area contributed by atoms with Crippen LogP contribution in [0.4, 0.5) is 0 Å². The first-order valence-corrected chi connectivity index (χ1v) is 6.85. The van der Waals surface area contributed by atoms with Crippen molar-refractivity contribution in [2.75, 3.05) is 13.1 Å². The monoisotopic (exact) mass is 255 g/mol. The zero-order valence-corrected chi connectivity index (χ0v) is 11.9. The largest absolute Gasteiger partial charge is 0.316 e. The first-order valence-electron chi connectivity index (χ1n) is 6.47. The van der Waals surface area contributed by atoms with Crippen LogP contribution in [0.1, 0.15) is 51.8 Å². The van der Waals surface area contributed by atoms with E-state index in [0.717, 1.165) is 6.54 Å². The molecule has 1 aliphatic rings. The Morgan fingerprint density at radius 3 is 2.53 bits per heavy atom. The van der Waals surface area contributed by atoms with Crippen molar-refractivity contribution < 1.29 is 0 Å². The number of imidazole rings is 1. The highest BCUT2D eigenvalue weighted by molar-refractivity contribution is 6.28. The van der Waals surface area contributed by atoms with Gasteiger partial charge in [0.25, 0.3) is 0 Å². The van der Waals surface area contributed by atoms with Crippen molar-refractivity contribution in [3.05, 3.63) is 17.2 Å². The van der Waals surface area contributed by atoms with Gasteiger partial charge in [0, 0.05) is 30.2 Å². The van der Waals surface area contributed by atoms with E-state index in [9.17, 15) is 0 Å². The van der Waals surface area contributed by atoms with E-state index in [-0.39, 0.29) is 0 Å². The summed E-state index contributed by atoms with van der Waals surface area (Å²) >= 11 is 6.16. The molecule has 1 aliphatic heterocycles. The molecule has 2 heterocycles. The summed E-state index contributed by atoms with van der Waals surface area (Å²) < 4.78 is 2.16. The van der Waals surface area contributed by atoms with Gasteiger partial charge in [-0.25, -0.2) is 4.98 Å². The fourth-order valence-electron chi connectivity index (χ4n) is 2.66. The van der Waals surface area contributed by atoms with E-state index in [1.807, 2.05) is 6.20 Å². The van der Waals surface area contributed by atoms with E-state index in [0.29, 0.717) is 23.3 Å². The molecule has 0 aliphatic carbocycles. The molecule has 4 heteroatoms. The number of hydrogen-bond donors (Lipinski definition) is 0. The van der Waals surface area contributed by atoms with Gasteiger partial charge in [-0.2, -0.15) is 0 Å². The summed E-state index contributed by atoms with van der Waals surface area (Å²) in [6.07, 6.45) is 3.17. The van der Waals surface area contributed by atoms with Crippen LogP contribution < -0.4 is 0 Å². The number of halogens is 1. The van der Waals surface area contributed by atoms with E-state index in [2.05, 4.69) is 42.1 Å². The highest BCUT2D eigenvalue weighted by Gasteiger charge is 2.28. The molecule has 1 atom stereocenters. The molecule has 0 saturated carbocycles. The summed E-state index contributed by atoms with van der Waals surface area (Å²) in [4.78, 5) is 6.79. The van der Waals surface area contributed by atoms with Crippen LogP contribution in [-0.2, 0) is 0 Å². The van der Waals surface area contributed by atoms with E-state index in [1.165, 1.54) is 18.7 Å². The van der Waals surface area contributed by atoms with Gasteiger partial charge in [0.1, 0.15) is 0 Å². The third kappa shape index (κ3) is 2.50. The topological polar surface area (TPSA) is 21.1 Å². The third-order valence-corrected chi connectivity index (χ3v) is 3.94. The van der Waals surface area contributed by atoms with E-state index in [4.69, 9.17) is 11.6 Å². The maximum atomic E-state index is 6.16. The minimum atomic E-state index is 0.382. The average Bonchev–Trinajstić information content (AvgIpc) is 2.82. The van der Waals surface area contributed by atoms with Gasteiger partial charge < -0.3 is 9.47 Å². The normalized spacial score (nSPS) is 21.9. The van der Waals surface area contributed by atoms with Crippen molar-refractivity contribution in [3.8, 4) is 0 Å². The van der Waals surface area contributed by atoms with Gasteiger partial charge in [-0.15, -0.1) is 0 Å². The lowest BCUT2D eigenvalue weighted by atomic mass is 10.1. The molecule has 0 amide bonds. The van der Waals surface area contributed by atoms with Gasteiger partial charge in [-0.1, -0.05) is 0 Å². The summed E-state index contributed by atoms with van der Waals surface area (Å²) in [5, 5.41) is 0.623. The lowest BCUT2D eigenvalue weighted by Crippen LogP contribution is -2.28. The molecule has 1 aromatic heterocycles. The molecule has 96 valence electrons. The summed E-state index contributed by atoms with van der Waals surface area (Å²) in [5.41, 5.74) is 1.30. The molecule has 17 heavy (non-hydrogen) atoms. The van der Waals surface area contributed by atoms with Gasteiger partial charge >= 0.3 is 0 Å². The Labute approximate surface area is 109 Å². The van der Waals surface area contributed by atoms with E-state index >= 15 is 0 Å². The Bertz CT molecular complexity index is 384. The third-order valence-electron chi connectivity index (χ3n) is 3.66. The molecular weight excluding hydrogens is 234 g/mol. The Balaban J connectivity index is 2.19. The number of rotatable bonds is 3. The molecule has 0 aromatic carbocycles. The van der Waals surface area contributed by atoms with Crippen LogP contribution in [0.2, 0.25) is 5.28 Å². The first-order chi connectivity index (χ1) is 8.00. The Morgan fingerprint density at radius 1 is 1.29 bits per heavy atom. The molecule has 0 spiro atoms. The predicted molar refractivity (Wildman–Crippen MR) is 71.7 cm³/mol. The Hall–Kier alpha value is -0.540. The summed E-state index contributed by atoms with van der Waals surface area (Å²) in [6.45, 7) is 11.2. The molecule has 0 radical (unpaired) electrons. The van der Waals surface area contributed by atoms with Crippen molar-refractivity contribution in [3.63, 3.8) is 0 Å². The van der Waals surface area contributed by atoms with Gasteiger partial charge in [0.15, 0.2) is 0 Å². The number of aromatic nitrogens is 2. The molecule has 1 unspecified atom stereocenters. The minimum absolute atomic E-state index is 0.382. The van der Waals surface area contributed by atoms with Crippen LogP contribution in [-0.4, -0.2) is 33.6 Å². The molecule has 2 rings (SSSR count). The smallest absolute Gasteiger partial charge is 0.203 e. The van der Waals surface area contributed by atoms with Gasteiger partial charge in [-0.3, -0.25) is 0 Å². The van der Waals surface area contributed by atoms with E-state index < -0.39 is 0 Å². The second-order valence-corrected chi connectivity index (χ2v) is 5.83. The molecule has 3 nitrogen and oxygen atoms in total. The second kappa shape index (κ2) is 4.99.